The molecule has 27 heavy (non-hydrogen) atoms. The second-order valence-electron chi connectivity index (χ2n) is 6.61. The number of aromatic nitrogens is 5. The van der Waals surface area contributed by atoms with Crippen molar-refractivity contribution in [3.63, 3.8) is 0 Å². The molecule has 0 amide bonds. The largest absolute Gasteiger partial charge is 0.364 e. The Morgan fingerprint density at radius 1 is 1.33 bits per heavy atom. The minimum absolute atomic E-state index is 0.105. The minimum Gasteiger partial charge on any atom is -0.364 e. The first kappa shape index (κ1) is 18.0. The fourth-order valence-corrected chi connectivity index (χ4v) is 4.24. The molecule has 0 spiro atoms. The van der Waals surface area contributed by atoms with Crippen LogP contribution in [0.5, 0.6) is 0 Å². The van der Waals surface area contributed by atoms with E-state index < -0.39 is 10.0 Å². The van der Waals surface area contributed by atoms with Gasteiger partial charge in [0.2, 0.25) is 10.0 Å². The predicted octanol–water partition coefficient (Wildman–Crippen LogP) is 1.17. The number of rotatable bonds is 5. The number of aryl methyl sites for hydroxylation is 3. The Hall–Kier alpha value is -2.37. The number of hydrogen-bond donors (Lipinski definition) is 1. The number of nitrogens with one attached hydrogen (secondary N) is 1. The lowest BCUT2D eigenvalue weighted by molar-refractivity contribution is 0.0290. The van der Waals surface area contributed by atoms with Crippen molar-refractivity contribution < 1.29 is 17.7 Å². The zero-order valence-corrected chi connectivity index (χ0v) is 16.0. The zero-order chi connectivity index (χ0) is 19.2. The van der Waals surface area contributed by atoms with Crippen LogP contribution in [0.1, 0.15) is 36.4 Å². The molecule has 2 atom stereocenters. The van der Waals surface area contributed by atoms with Gasteiger partial charge in [0.25, 0.3) is 5.89 Å². The lowest BCUT2D eigenvalue weighted by atomic mass is 10.2. The van der Waals surface area contributed by atoms with Crippen LogP contribution in [0.15, 0.2) is 21.7 Å². The van der Waals surface area contributed by atoms with Gasteiger partial charge in [0.15, 0.2) is 11.5 Å². The molecule has 0 aromatic carbocycles. The molecule has 1 aliphatic rings. The van der Waals surface area contributed by atoms with E-state index in [-0.39, 0.29) is 23.6 Å². The molecular formula is C16H20N6O4S. The van der Waals surface area contributed by atoms with Crippen molar-refractivity contribution in [2.75, 3.05) is 6.54 Å². The monoisotopic (exact) mass is 392 g/mol. The maximum absolute atomic E-state index is 12.6. The van der Waals surface area contributed by atoms with Crippen LogP contribution < -0.4 is 4.72 Å². The van der Waals surface area contributed by atoms with Gasteiger partial charge in [-0.25, -0.2) is 18.1 Å². The Labute approximate surface area is 156 Å². The maximum atomic E-state index is 12.6. The van der Waals surface area contributed by atoms with Gasteiger partial charge in [-0.3, -0.25) is 4.68 Å². The first-order valence-corrected chi connectivity index (χ1v) is 10.1. The SMILES string of the molecule is Cc1noc([C@@H]2CC[C@H](CNS(=O)(=O)c3cnc4c(c3)c(C)nn4C)O2)n1. The van der Waals surface area contributed by atoms with Crippen molar-refractivity contribution in [1.29, 1.82) is 0 Å². The van der Waals surface area contributed by atoms with E-state index in [9.17, 15) is 8.42 Å². The Morgan fingerprint density at radius 2 is 2.15 bits per heavy atom. The van der Waals surface area contributed by atoms with Crippen molar-refractivity contribution in [1.82, 2.24) is 29.6 Å². The second-order valence-corrected chi connectivity index (χ2v) is 8.37. The fraction of sp³-hybridized carbons (Fsp3) is 0.500. The molecule has 4 heterocycles. The standard InChI is InChI=1S/C16H20N6O4S/c1-9-13-6-12(8-17-15(13)22(3)20-9)27(23,24)18-7-11-4-5-14(25-11)16-19-10(2)21-26-16/h6,8,11,14,18H,4-5,7H2,1-3H3/t11-,14+/m1/s1. The highest BCUT2D eigenvalue weighted by Crippen LogP contribution is 2.31. The van der Waals surface area contributed by atoms with Gasteiger partial charge in [0, 0.05) is 25.2 Å². The summed E-state index contributed by atoms with van der Waals surface area (Å²) >= 11 is 0. The number of fused-ring (bicyclic) bond motifs is 1. The van der Waals surface area contributed by atoms with Crippen LogP contribution in [0.4, 0.5) is 0 Å². The molecule has 3 aromatic rings. The summed E-state index contributed by atoms with van der Waals surface area (Å²) in [5.74, 6) is 0.978. The van der Waals surface area contributed by atoms with Crippen LogP contribution in [0.2, 0.25) is 0 Å². The quantitative estimate of drug-likeness (QED) is 0.686. The normalized spacial score (nSPS) is 20.6. The molecule has 0 saturated carbocycles. The van der Waals surface area contributed by atoms with Crippen molar-refractivity contribution in [2.45, 2.75) is 43.8 Å². The van der Waals surface area contributed by atoms with Gasteiger partial charge in [-0.15, -0.1) is 0 Å². The topological polar surface area (TPSA) is 125 Å². The average Bonchev–Trinajstić information content (AvgIpc) is 3.33. The van der Waals surface area contributed by atoms with Crippen LogP contribution in [0.25, 0.3) is 11.0 Å². The van der Waals surface area contributed by atoms with E-state index in [0.29, 0.717) is 35.6 Å². The van der Waals surface area contributed by atoms with Crippen molar-refractivity contribution in [2.24, 2.45) is 7.05 Å². The summed E-state index contributed by atoms with van der Waals surface area (Å²) in [6.07, 6.45) is 2.19. The van der Waals surface area contributed by atoms with Crippen molar-refractivity contribution in [3.05, 3.63) is 29.7 Å². The highest BCUT2D eigenvalue weighted by molar-refractivity contribution is 7.89. The number of pyridine rings is 1. The van der Waals surface area contributed by atoms with Crippen molar-refractivity contribution in [3.8, 4) is 0 Å². The molecule has 0 bridgehead atoms. The molecule has 0 unspecified atom stereocenters. The van der Waals surface area contributed by atoms with Gasteiger partial charge in [-0.05, 0) is 32.8 Å². The van der Waals surface area contributed by atoms with Crippen LogP contribution in [0.3, 0.4) is 0 Å². The Balaban J connectivity index is 1.44. The van der Waals surface area contributed by atoms with Crippen LogP contribution >= 0.6 is 0 Å². The summed E-state index contributed by atoms with van der Waals surface area (Å²) < 4.78 is 40.4. The summed E-state index contributed by atoms with van der Waals surface area (Å²) in [5.41, 5.74) is 1.37. The van der Waals surface area contributed by atoms with E-state index in [1.54, 1.807) is 24.7 Å². The Kier molecular flexibility index (Phi) is 4.44. The third-order valence-corrected chi connectivity index (χ3v) is 5.97. The maximum Gasteiger partial charge on any atom is 0.255 e. The molecule has 0 radical (unpaired) electrons. The van der Waals surface area contributed by atoms with Crippen LogP contribution in [0, 0.1) is 13.8 Å². The number of sulfonamides is 1. The number of ether oxygens (including phenoxy) is 1. The molecule has 11 heteroatoms. The third kappa shape index (κ3) is 3.45. The van der Waals surface area contributed by atoms with Crippen molar-refractivity contribution >= 4 is 21.1 Å². The molecule has 0 aliphatic carbocycles. The molecule has 144 valence electrons. The predicted molar refractivity (Wildman–Crippen MR) is 94.3 cm³/mol. The summed E-state index contributed by atoms with van der Waals surface area (Å²) in [6.45, 7) is 3.72. The zero-order valence-electron chi connectivity index (χ0n) is 15.2. The first-order valence-electron chi connectivity index (χ1n) is 8.58. The summed E-state index contributed by atoms with van der Waals surface area (Å²) in [6, 6.07) is 1.59. The molecular weight excluding hydrogens is 372 g/mol. The molecule has 1 N–H and O–H groups in total. The van der Waals surface area contributed by atoms with Gasteiger partial charge in [0.05, 0.1) is 11.8 Å². The van der Waals surface area contributed by atoms with Crippen LogP contribution in [-0.4, -0.2) is 46.0 Å². The fourth-order valence-electron chi connectivity index (χ4n) is 3.20. The summed E-state index contributed by atoms with van der Waals surface area (Å²) in [5, 5.41) is 8.73. The molecule has 1 saturated heterocycles. The minimum atomic E-state index is -3.71. The molecule has 1 fully saturated rings. The van der Waals surface area contributed by atoms with E-state index in [2.05, 4.69) is 24.9 Å². The van der Waals surface area contributed by atoms with E-state index in [4.69, 9.17) is 9.26 Å². The highest BCUT2D eigenvalue weighted by Gasteiger charge is 2.31. The number of nitrogens with zero attached hydrogens (tertiary/aromatic N) is 5. The highest BCUT2D eigenvalue weighted by atomic mass is 32.2. The second kappa shape index (κ2) is 6.66. The van der Waals surface area contributed by atoms with Gasteiger partial charge < -0.3 is 9.26 Å². The van der Waals surface area contributed by atoms with E-state index in [1.807, 2.05) is 6.92 Å². The third-order valence-electron chi connectivity index (χ3n) is 4.58. The van der Waals surface area contributed by atoms with E-state index in [0.717, 1.165) is 5.69 Å². The van der Waals surface area contributed by atoms with E-state index >= 15 is 0 Å². The van der Waals surface area contributed by atoms with Gasteiger partial charge in [0.1, 0.15) is 11.0 Å². The van der Waals surface area contributed by atoms with Crippen LogP contribution in [-0.2, 0) is 21.8 Å². The lowest BCUT2D eigenvalue weighted by Crippen LogP contribution is -2.32. The smallest absolute Gasteiger partial charge is 0.255 e. The Morgan fingerprint density at radius 3 is 2.89 bits per heavy atom. The molecule has 3 aromatic heterocycles. The summed E-state index contributed by atoms with van der Waals surface area (Å²) in [7, 11) is -1.93. The molecule has 1 aliphatic heterocycles. The molecule has 10 nitrogen and oxygen atoms in total. The van der Waals surface area contributed by atoms with Gasteiger partial charge >= 0.3 is 0 Å². The van der Waals surface area contributed by atoms with E-state index in [1.165, 1.54) is 6.20 Å². The average molecular weight is 392 g/mol. The van der Waals surface area contributed by atoms with Gasteiger partial charge in [-0.2, -0.15) is 10.1 Å². The van der Waals surface area contributed by atoms with Gasteiger partial charge in [-0.1, -0.05) is 5.16 Å². The number of hydrogen-bond acceptors (Lipinski definition) is 8. The lowest BCUT2D eigenvalue weighted by Gasteiger charge is -2.13. The summed E-state index contributed by atoms with van der Waals surface area (Å²) in [4.78, 5) is 8.49. The first-order chi connectivity index (χ1) is 12.8. The Bertz CT molecular complexity index is 1090. The molecule has 4 rings (SSSR count).